The van der Waals surface area contributed by atoms with Gasteiger partial charge in [0.1, 0.15) is 17.3 Å². The normalized spacial score (nSPS) is 15.9. The highest BCUT2D eigenvalue weighted by molar-refractivity contribution is 7.15. The van der Waals surface area contributed by atoms with Crippen LogP contribution < -0.4 is 9.64 Å². The number of hydrogen-bond acceptors (Lipinski definition) is 6. The van der Waals surface area contributed by atoms with E-state index in [1.807, 2.05) is 31.2 Å². The van der Waals surface area contributed by atoms with Gasteiger partial charge >= 0.3 is 5.97 Å². The lowest BCUT2D eigenvalue weighted by Gasteiger charge is -2.32. The summed E-state index contributed by atoms with van der Waals surface area (Å²) in [5.41, 5.74) is 2.79. The fourth-order valence-electron chi connectivity index (χ4n) is 3.12. The largest absolute Gasteiger partial charge is 0.480 e. The summed E-state index contributed by atoms with van der Waals surface area (Å²) < 4.78 is 5.64. The number of fused-ring (bicyclic) bond motifs is 1. The van der Waals surface area contributed by atoms with Gasteiger partial charge in [-0.15, -0.1) is 11.3 Å². The zero-order chi connectivity index (χ0) is 19.8. The molecule has 0 saturated carbocycles. The summed E-state index contributed by atoms with van der Waals surface area (Å²) in [4.78, 5) is 35.0. The number of carbonyl (C=O) groups is 2. The van der Waals surface area contributed by atoms with E-state index in [2.05, 4.69) is 4.98 Å². The quantitative estimate of drug-likeness (QED) is 0.728. The fourth-order valence-corrected chi connectivity index (χ4v) is 4.03. The van der Waals surface area contributed by atoms with Crippen molar-refractivity contribution in [3.05, 3.63) is 47.5 Å². The first-order valence-corrected chi connectivity index (χ1v) is 9.49. The number of aryl methyl sites for hydroxylation is 1. The van der Waals surface area contributed by atoms with Gasteiger partial charge in [-0.2, -0.15) is 0 Å². The second-order valence-corrected chi connectivity index (χ2v) is 7.60. The summed E-state index contributed by atoms with van der Waals surface area (Å²) in [5, 5.41) is 10.0. The molecule has 28 heavy (non-hydrogen) atoms. The van der Waals surface area contributed by atoms with E-state index in [1.54, 1.807) is 25.3 Å². The highest BCUT2D eigenvalue weighted by Gasteiger charge is 2.33. The molecule has 0 aliphatic carbocycles. The Bertz CT molecular complexity index is 1060. The topological polar surface area (TPSA) is 92.6 Å². The Balaban J connectivity index is 1.77. The van der Waals surface area contributed by atoms with Crippen molar-refractivity contribution in [1.82, 2.24) is 9.97 Å². The molecule has 142 valence electrons. The van der Waals surface area contributed by atoms with Crippen LogP contribution in [-0.2, 0) is 9.59 Å². The molecule has 1 unspecified atom stereocenters. The second kappa shape index (κ2) is 7.05. The van der Waals surface area contributed by atoms with Gasteiger partial charge in [-0.3, -0.25) is 19.5 Å². The molecule has 8 heteroatoms. The molecule has 1 aliphatic heterocycles. The lowest BCUT2D eigenvalue weighted by Crippen LogP contribution is -2.46. The molecule has 3 heterocycles. The number of benzene rings is 1. The van der Waals surface area contributed by atoms with E-state index in [0.717, 1.165) is 26.8 Å². The Labute approximate surface area is 165 Å². The second-order valence-electron chi connectivity index (χ2n) is 6.40. The van der Waals surface area contributed by atoms with Crippen LogP contribution in [0.2, 0.25) is 0 Å². The molecule has 1 atom stereocenters. The third-order valence-electron chi connectivity index (χ3n) is 4.41. The van der Waals surface area contributed by atoms with Crippen molar-refractivity contribution >= 4 is 28.9 Å². The summed E-state index contributed by atoms with van der Waals surface area (Å²) in [7, 11) is 0. The number of nitrogens with zero attached hydrogens (tertiary/aromatic N) is 3. The molecule has 1 aliphatic rings. The molecule has 0 radical (unpaired) electrons. The monoisotopic (exact) mass is 395 g/mol. The molecule has 1 aromatic carbocycles. The Morgan fingerprint density at radius 1 is 1.32 bits per heavy atom. The fraction of sp³-hybridized carbons (Fsp3) is 0.200. The van der Waals surface area contributed by atoms with E-state index in [1.165, 1.54) is 16.2 Å². The molecule has 3 aromatic rings. The Morgan fingerprint density at radius 2 is 2.14 bits per heavy atom. The first-order chi connectivity index (χ1) is 13.4. The molecule has 2 aromatic heterocycles. The summed E-state index contributed by atoms with van der Waals surface area (Å²) in [6.45, 7) is 3.16. The molecule has 1 amide bonds. The van der Waals surface area contributed by atoms with E-state index < -0.39 is 18.6 Å². The average Bonchev–Trinajstić information content (AvgIpc) is 3.07. The van der Waals surface area contributed by atoms with Gasteiger partial charge in [-0.1, -0.05) is 6.07 Å². The minimum absolute atomic E-state index is 0.378. The van der Waals surface area contributed by atoms with Crippen molar-refractivity contribution < 1.29 is 19.4 Å². The van der Waals surface area contributed by atoms with Crippen LogP contribution in [0, 0.1) is 6.92 Å². The Kier molecular flexibility index (Phi) is 4.56. The SMILES string of the molecule is Cc1sc(-c2ccccn2)nc1-c1ccc2c(c1)N(CC(=O)O)C(=O)C(C)O2. The standard InChI is InChI=1S/C20H17N3O4S/c1-11-20(26)23(10-17(24)25)15-9-13(6-7-16(15)27-11)18-12(2)28-19(22-18)14-5-3-4-8-21-14/h3-9,11H,10H2,1-2H3,(H,24,25). The van der Waals surface area contributed by atoms with Crippen molar-refractivity contribution in [3.63, 3.8) is 0 Å². The summed E-state index contributed by atoms with van der Waals surface area (Å²) in [5.74, 6) is -0.979. The number of carboxylic acid groups (broad SMARTS) is 1. The van der Waals surface area contributed by atoms with Crippen LogP contribution in [0.4, 0.5) is 5.69 Å². The van der Waals surface area contributed by atoms with Crippen LogP contribution in [0.3, 0.4) is 0 Å². The van der Waals surface area contributed by atoms with Gasteiger partial charge in [-0.05, 0) is 44.2 Å². The van der Waals surface area contributed by atoms with Gasteiger partial charge in [0.25, 0.3) is 5.91 Å². The summed E-state index contributed by atoms with van der Waals surface area (Å²) in [6, 6.07) is 11.0. The Morgan fingerprint density at radius 3 is 2.86 bits per heavy atom. The minimum Gasteiger partial charge on any atom is -0.480 e. The molecule has 0 fully saturated rings. The molecular formula is C20H17N3O4S. The number of aromatic nitrogens is 2. The maximum atomic E-state index is 12.4. The van der Waals surface area contributed by atoms with Gasteiger partial charge in [0.05, 0.1) is 17.1 Å². The van der Waals surface area contributed by atoms with E-state index in [-0.39, 0.29) is 5.91 Å². The molecule has 0 saturated heterocycles. The van der Waals surface area contributed by atoms with Gasteiger partial charge in [-0.25, -0.2) is 4.98 Å². The number of pyridine rings is 1. The van der Waals surface area contributed by atoms with Crippen molar-refractivity contribution in [2.45, 2.75) is 20.0 Å². The van der Waals surface area contributed by atoms with Crippen LogP contribution in [0.1, 0.15) is 11.8 Å². The lowest BCUT2D eigenvalue weighted by molar-refractivity contribution is -0.137. The lowest BCUT2D eigenvalue weighted by atomic mass is 10.1. The van der Waals surface area contributed by atoms with Gasteiger partial charge in [0, 0.05) is 16.6 Å². The van der Waals surface area contributed by atoms with Crippen molar-refractivity contribution in [2.75, 3.05) is 11.4 Å². The zero-order valence-corrected chi connectivity index (χ0v) is 16.1. The van der Waals surface area contributed by atoms with E-state index in [9.17, 15) is 14.7 Å². The smallest absolute Gasteiger partial charge is 0.323 e. The van der Waals surface area contributed by atoms with E-state index in [0.29, 0.717) is 11.4 Å². The number of carbonyl (C=O) groups excluding carboxylic acids is 1. The maximum Gasteiger partial charge on any atom is 0.323 e. The highest BCUT2D eigenvalue weighted by Crippen LogP contribution is 2.39. The average molecular weight is 395 g/mol. The molecular weight excluding hydrogens is 378 g/mol. The van der Waals surface area contributed by atoms with Crippen molar-refractivity contribution in [2.24, 2.45) is 0 Å². The number of aliphatic carboxylic acids is 1. The van der Waals surface area contributed by atoms with Crippen LogP contribution in [0.25, 0.3) is 22.0 Å². The van der Waals surface area contributed by atoms with Gasteiger partial charge in [0.15, 0.2) is 6.10 Å². The highest BCUT2D eigenvalue weighted by atomic mass is 32.1. The number of ether oxygens (including phenoxy) is 1. The zero-order valence-electron chi connectivity index (χ0n) is 15.2. The third kappa shape index (κ3) is 3.22. The number of hydrogen-bond donors (Lipinski definition) is 1. The number of thiazole rings is 1. The molecule has 1 N–H and O–H groups in total. The molecule has 7 nitrogen and oxygen atoms in total. The van der Waals surface area contributed by atoms with Crippen molar-refractivity contribution in [3.8, 4) is 27.7 Å². The van der Waals surface area contributed by atoms with Crippen molar-refractivity contribution in [1.29, 1.82) is 0 Å². The predicted molar refractivity (Wildman–Crippen MR) is 106 cm³/mol. The first kappa shape index (κ1) is 18.1. The predicted octanol–water partition coefficient (Wildman–Crippen LogP) is 3.38. The number of rotatable bonds is 4. The maximum absolute atomic E-state index is 12.4. The summed E-state index contributed by atoms with van der Waals surface area (Å²) >= 11 is 1.53. The van der Waals surface area contributed by atoms with Crippen LogP contribution in [0.5, 0.6) is 5.75 Å². The first-order valence-electron chi connectivity index (χ1n) is 8.67. The molecule has 0 spiro atoms. The third-order valence-corrected chi connectivity index (χ3v) is 5.41. The van der Waals surface area contributed by atoms with E-state index >= 15 is 0 Å². The summed E-state index contributed by atoms with van der Waals surface area (Å²) in [6.07, 6.45) is 0.993. The number of anilines is 1. The van der Waals surface area contributed by atoms with Gasteiger partial charge in [0.2, 0.25) is 0 Å². The van der Waals surface area contributed by atoms with E-state index in [4.69, 9.17) is 9.72 Å². The molecule has 0 bridgehead atoms. The number of amides is 1. The molecule has 4 rings (SSSR count). The van der Waals surface area contributed by atoms with Gasteiger partial charge < -0.3 is 9.84 Å². The van der Waals surface area contributed by atoms with Crippen LogP contribution in [0.15, 0.2) is 42.6 Å². The number of carboxylic acids is 1. The van der Waals surface area contributed by atoms with Crippen LogP contribution >= 0.6 is 11.3 Å². The Hall–Kier alpha value is -3.26. The van der Waals surface area contributed by atoms with Crippen LogP contribution in [-0.4, -0.2) is 39.6 Å². The minimum atomic E-state index is -1.08.